The van der Waals surface area contributed by atoms with Crippen LogP contribution in [0.15, 0.2) is 24.3 Å². The number of hydrogen-bond acceptors (Lipinski definition) is 2. The van der Waals surface area contributed by atoms with Crippen LogP contribution in [0.5, 0.6) is 0 Å². The summed E-state index contributed by atoms with van der Waals surface area (Å²) in [4.78, 5) is 0. The zero-order valence-corrected chi connectivity index (χ0v) is 12.6. The summed E-state index contributed by atoms with van der Waals surface area (Å²) in [5, 5.41) is 8.80. The van der Waals surface area contributed by atoms with E-state index in [2.05, 4.69) is 24.3 Å². The Kier molecular flexibility index (Phi) is 6.55. The maximum atomic E-state index is 8.80. The first-order valence-corrected chi connectivity index (χ1v) is 8.20. The smallest absolute Gasteiger partial charge is 0.0431 e. The zero-order chi connectivity index (χ0) is 14.2. The molecule has 1 fully saturated rings. The second-order valence-corrected chi connectivity index (χ2v) is 6.32. The van der Waals surface area contributed by atoms with Crippen molar-refractivity contribution >= 4 is 0 Å². The average molecular weight is 275 g/mol. The molecule has 0 atom stereocenters. The average Bonchev–Trinajstić information content (AvgIpc) is 2.50. The maximum Gasteiger partial charge on any atom is 0.0431 e. The largest absolute Gasteiger partial charge is 0.396 e. The van der Waals surface area contributed by atoms with Crippen LogP contribution in [-0.2, 0) is 12.8 Å². The van der Waals surface area contributed by atoms with E-state index >= 15 is 0 Å². The monoisotopic (exact) mass is 275 g/mol. The zero-order valence-electron chi connectivity index (χ0n) is 12.6. The van der Waals surface area contributed by atoms with Gasteiger partial charge in [-0.1, -0.05) is 24.3 Å². The molecule has 1 aliphatic rings. The molecule has 1 aromatic carbocycles. The summed E-state index contributed by atoms with van der Waals surface area (Å²) in [5.74, 6) is 1.64. The van der Waals surface area contributed by atoms with Gasteiger partial charge in [-0.05, 0) is 80.9 Å². The van der Waals surface area contributed by atoms with Gasteiger partial charge in [-0.25, -0.2) is 0 Å². The van der Waals surface area contributed by atoms with E-state index in [1.807, 2.05) is 0 Å². The highest BCUT2D eigenvalue weighted by molar-refractivity contribution is 5.23. The molecule has 0 aliphatic heterocycles. The third kappa shape index (κ3) is 4.92. The summed E-state index contributed by atoms with van der Waals surface area (Å²) in [6.45, 7) is 1.18. The van der Waals surface area contributed by atoms with Gasteiger partial charge >= 0.3 is 0 Å². The molecule has 20 heavy (non-hydrogen) atoms. The van der Waals surface area contributed by atoms with E-state index in [0.717, 1.165) is 37.6 Å². The van der Waals surface area contributed by atoms with Gasteiger partial charge in [0.05, 0.1) is 0 Å². The summed E-state index contributed by atoms with van der Waals surface area (Å²) in [7, 11) is 0. The molecule has 3 N–H and O–H groups in total. The fraction of sp³-hybridized carbons (Fsp3) is 0.667. The Balaban J connectivity index is 1.76. The van der Waals surface area contributed by atoms with Gasteiger partial charge in [0.2, 0.25) is 0 Å². The molecule has 0 heterocycles. The Morgan fingerprint density at radius 2 is 1.50 bits per heavy atom. The minimum atomic E-state index is 0.309. The van der Waals surface area contributed by atoms with Gasteiger partial charge in [0.25, 0.3) is 0 Å². The number of aryl methyl sites for hydroxylation is 1. The molecule has 0 unspecified atom stereocenters. The first-order valence-electron chi connectivity index (χ1n) is 8.20. The Morgan fingerprint density at radius 3 is 2.10 bits per heavy atom. The molecule has 1 aliphatic carbocycles. The molecule has 2 rings (SSSR count). The number of aliphatic hydroxyl groups is 1. The Bertz CT molecular complexity index is 366. The molecule has 0 radical (unpaired) electrons. The van der Waals surface area contributed by atoms with Crippen molar-refractivity contribution in [3.63, 3.8) is 0 Å². The van der Waals surface area contributed by atoms with Crippen molar-refractivity contribution in [3.05, 3.63) is 35.4 Å². The minimum absolute atomic E-state index is 0.309. The first kappa shape index (κ1) is 15.5. The van der Waals surface area contributed by atoms with E-state index in [0.29, 0.717) is 6.61 Å². The van der Waals surface area contributed by atoms with Crippen molar-refractivity contribution in [3.8, 4) is 0 Å². The number of benzene rings is 1. The van der Waals surface area contributed by atoms with Gasteiger partial charge in [-0.15, -0.1) is 0 Å². The fourth-order valence-electron chi connectivity index (χ4n) is 3.29. The molecular formula is C18H29NO. The standard InChI is InChI=1S/C18H29NO/c19-14-18-10-8-17(9-11-18)13-16-6-4-15(5-7-16)3-1-2-12-20/h4-7,17-18,20H,1-3,8-14,19H2. The van der Waals surface area contributed by atoms with Crippen LogP contribution in [0.3, 0.4) is 0 Å². The van der Waals surface area contributed by atoms with Crippen molar-refractivity contribution in [2.45, 2.75) is 51.4 Å². The van der Waals surface area contributed by atoms with Crippen molar-refractivity contribution in [1.29, 1.82) is 0 Å². The quantitative estimate of drug-likeness (QED) is 0.750. The molecule has 1 aromatic rings. The van der Waals surface area contributed by atoms with Crippen molar-refractivity contribution < 1.29 is 5.11 Å². The predicted molar refractivity (Wildman–Crippen MR) is 84.7 cm³/mol. The Hall–Kier alpha value is -0.860. The molecule has 112 valence electrons. The highest BCUT2D eigenvalue weighted by Gasteiger charge is 2.20. The van der Waals surface area contributed by atoms with Crippen LogP contribution in [0.2, 0.25) is 0 Å². The molecule has 0 bridgehead atoms. The Morgan fingerprint density at radius 1 is 0.900 bits per heavy atom. The van der Waals surface area contributed by atoms with Gasteiger partial charge in [0, 0.05) is 6.61 Å². The van der Waals surface area contributed by atoms with E-state index in [-0.39, 0.29) is 0 Å². The lowest BCUT2D eigenvalue weighted by Gasteiger charge is -2.27. The van der Waals surface area contributed by atoms with Crippen LogP contribution < -0.4 is 5.73 Å². The highest BCUT2D eigenvalue weighted by atomic mass is 16.2. The fourth-order valence-corrected chi connectivity index (χ4v) is 3.29. The van der Waals surface area contributed by atoms with Crippen LogP contribution in [0, 0.1) is 11.8 Å². The van der Waals surface area contributed by atoms with Gasteiger partial charge in [-0.3, -0.25) is 0 Å². The van der Waals surface area contributed by atoms with Crippen LogP contribution in [-0.4, -0.2) is 18.3 Å². The van der Waals surface area contributed by atoms with E-state index in [9.17, 15) is 0 Å². The second kappa shape index (κ2) is 8.43. The second-order valence-electron chi connectivity index (χ2n) is 6.32. The maximum absolute atomic E-state index is 8.80. The molecule has 2 nitrogen and oxygen atoms in total. The molecule has 2 heteroatoms. The molecular weight excluding hydrogens is 246 g/mol. The van der Waals surface area contributed by atoms with Gasteiger partial charge in [0.1, 0.15) is 0 Å². The van der Waals surface area contributed by atoms with Crippen LogP contribution in [0.4, 0.5) is 0 Å². The normalized spacial score (nSPS) is 22.9. The lowest BCUT2D eigenvalue weighted by atomic mass is 9.79. The topological polar surface area (TPSA) is 46.2 Å². The van der Waals surface area contributed by atoms with Crippen LogP contribution in [0.25, 0.3) is 0 Å². The SMILES string of the molecule is NCC1CCC(Cc2ccc(CCCCO)cc2)CC1. The van der Waals surface area contributed by atoms with Gasteiger partial charge in [0.15, 0.2) is 0 Å². The van der Waals surface area contributed by atoms with E-state index in [1.54, 1.807) is 0 Å². The van der Waals surface area contributed by atoms with Crippen LogP contribution >= 0.6 is 0 Å². The van der Waals surface area contributed by atoms with E-state index < -0.39 is 0 Å². The van der Waals surface area contributed by atoms with Crippen molar-refractivity contribution in [2.75, 3.05) is 13.2 Å². The van der Waals surface area contributed by atoms with Gasteiger partial charge < -0.3 is 10.8 Å². The van der Waals surface area contributed by atoms with Crippen LogP contribution in [0.1, 0.15) is 49.7 Å². The third-order valence-electron chi connectivity index (χ3n) is 4.72. The molecule has 1 saturated carbocycles. The first-order chi connectivity index (χ1) is 9.81. The highest BCUT2D eigenvalue weighted by Crippen LogP contribution is 2.30. The summed E-state index contributed by atoms with van der Waals surface area (Å²) in [5.41, 5.74) is 8.63. The molecule has 0 amide bonds. The number of unbranched alkanes of at least 4 members (excludes halogenated alkanes) is 1. The van der Waals surface area contributed by atoms with E-state index in [4.69, 9.17) is 10.8 Å². The summed E-state index contributed by atoms with van der Waals surface area (Å²) in [6.07, 6.45) is 9.64. The molecule has 0 saturated heterocycles. The van der Waals surface area contributed by atoms with E-state index in [1.165, 1.54) is 43.2 Å². The molecule has 0 aromatic heterocycles. The summed E-state index contributed by atoms with van der Waals surface area (Å²) >= 11 is 0. The van der Waals surface area contributed by atoms with Gasteiger partial charge in [-0.2, -0.15) is 0 Å². The Labute approximate surface area is 123 Å². The number of rotatable bonds is 7. The number of hydrogen-bond donors (Lipinski definition) is 2. The third-order valence-corrected chi connectivity index (χ3v) is 4.72. The lowest BCUT2D eigenvalue weighted by Crippen LogP contribution is -2.22. The lowest BCUT2D eigenvalue weighted by molar-refractivity contribution is 0.278. The summed E-state index contributed by atoms with van der Waals surface area (Å²) < 4.78 is 0. The number of nitrogens with two attached hydrogens (primary N) is 1. The van der Waals surface area contributed by atoms with Crippen molar-refractivity contribution in [1.82, 2.24) is 0 Å². The number of aliphatic hydroxyl groups excluding tert-OH is 1. The summed E-state index contributed by atoms with van der Waals surface area (Å²) in [6, 6.07) is 9.11. The minimum Gasteiger partial charge on any atom is -0.396 e. The van der Waals surface area contributed by atoms with Crippen molar-refractivity contribution in [2.24, 2.45) is 17.6 Å². The molecule has 0 spiro atoms. The predicted octanol–water partition coefficient (Wildman–Crippen LogP) is 3.31.